The second-order valence-electron chi connectivity index (χ2n) is 4.49. The van der Waals surface area contributed by atoms with Gasteiger partial charge in [-0.3, -0.25) is 4.79 Å². The quantitative estimate of drug-likeness (QED) is 0.706. The van der Waals surface area contributed by atoms with Crippen molar-refractivity contribution in [3.05, 3.63) is 0 Å². The van der Waals surface area contributed by atoms with E-state index < -0.39 is 0 Å². The van der Waals surface area contributed by atoms with E-state index in [1.807, 2.05) is 34.6 Å². The fourth-order valence-electron chi connectivity index (χ4n) is 0.959. The van der Waals surface area contributed by atoms with E-state index in [9.17, 15) is 4.79 Å². The van der Waals surface area contributed by atoms with Crippen LogP contribution in [0.4, 0.5) is 0 Å². The SMILES string of the molecule is CC(C)C(C)C(=O)NC(C)C(C)CO. The first-order valence-electron chi connectivity index (χ1n) is 5.31. The van der Waals surface area contributed by atoms with Crippen LogP contribution >= 0.6 is 0 Å². The Kier molecular flexibility index (Phi) is 5.77. The van der Waals surface area contributed by atoms with Crippen molar-refractivity contribution in [3.8, 4) is 0 Å². The van der Waals surface area contributed by atoms with Gasteiger partial charge in [-0.2, -0.15) is 0 Å². The van der Waals surface area contributed by atoms with E-state index in [4.69, 9.17) is 5.11 Å². The third-order valence-corrected chi connectivity index (χ3v) is 2.93. The first kappa shape index (κ1) is 13.4. The number of carbonyl (C=O) groups is 1. The van der Waals surface area contributed by atoms with Crippen LogP contribution in [-0.4, -0.2) is 23.7 Å². The third kappa shape index (κ3) is 4.09. The highest BCUT2D eigenvalue weighted by Gasteiger charge is 2.20. The molecule has 3 nitrogen and oxygen atoms in total. The maximum atomic E-state index is 11.6. The zero-order valence-electron chi connectivity index (χ0n) is 9.87. The van der Waals surface area contributed by atoms with Gasteiger partial charge in [-0.05, 0) is 18.8 Å². The summed E-state index contributed by atoms with van der Waals surface area (Å²) >= 11 is 0. The molecule has 2 N–H and O–H groups in total. The summed E-state index contributed by atoms with van der Waals surface area (Å²) in [6.07, 6.45) is 0. The maximum Gasteiger partial charge on any atom is 0.223 e. The van der Waals surface area contributed by atoms with Crippen molar-refractivity contribution in [2.75, 3.05) is 6.61 Å². The molecular formula is C11H23NO2. The van der Waals surface area contributed by atoms with Crippen LogP contribution in [0, 0.1) is 17.8 Å². The fraction of sp³-hybridized carbons (Fsp3) is 0.909. The van der Waals surface area contributed by atoms with Gasteiger partial charge in [0, 0.05) is 18.6 Å². The van der Waals surface area contributed by atoms with Crippen molar-refractivity contribution in [2.24, 2.45) is 17.8 Å². The molecule has 3 atom stereocenters. The second kappa shape index (κ2) is 6.02. The van der Waals surface area contributed by atoms with Crippen LogP contribution in [-0.2, 0) is 4.79 Å². The Bertz CT molecular complexity index is 180. The van der Waals surface area contributed by atoms with Gasteiger partial charge in [-0.15, -0.1) is 0 Å². The average molecular weight is 201 g/mol. The van der Waals surface area contributed by atoms with Crippen molar-refractivity contribution in [3.63, 3.8) is 0 Å². The van der Waals surface area contributed by atoms with Crippen LogP contribution in [0.15, 0.2) is 0 Å². The summed E-state index contributed by atoms with van der Waals surface area (Å²) in [5.74, 6) is 0.570. The highest BCUT2D eigenvalue weighted by molar-refractivity contribution is 5.78. The van der Waals surface area contributed by atoms with Crippen LogP contribution in [0.1, 0.15) is 34.6 Å². The Morgan fingerprint density at radius 2 is 1.71 bits per heavy atom. The van der Waals surface area contributed by atoms with E-state index in [0.717, 1.165) is 0 Å². The second-order valence-corrected chi connectivity index (χ2v) is 4.49. The number of aliphatic hydroxyl groups is 1. The Balaban J connectivity index is 4.05. The van der Waals surface area contributed by atoms with E-state index in [1.165, 1.54) is 0 Å². The molecule has 0 aromatic rings. The minimum absolute atomic E-state index is 0.0309. The minimum atomic E-state index is 0.0309. The van der Waals surface area contributed by atoms with E-state index in [2.05, 4.69) is 5.32 Å². The highest BCUT2D eigenvalue weighted by Crippen LogP contribution is 2.10. The molecule has 0 bridgehead atoms. The molecule has 0 aliphatic carbocycles. The summed E-state index contributed by atoms with van der Waals surface area (Å²) in [5, 5.41) is 11.8. The summed E-state index contributed by atoms with van der Waals surface area (Å²) in [7, 11) is 0. The monoisotopic (exact) mass is 201 g/mol. The number of hydrogen-bond acceptors (Lipinski definition) is 2. The summed E-state index contributed by atoms with van der Waals surface area (Å²) in [4.78, 5) is 11.6. The van der Waals surface area contributed by atoms with Crippen LogP contribution in [0.5, 0.6) is 0 Å². The van der Waals surface area contributed by atoms with Gasteiger partial charge in [0.15, 0.2) is 0 Å². The summed E-state index contributed by atoms with van der Waals surface area (Å²) in [5.41, 5.74) is 0. The first-order chi connectivity index (χ1) is 6.40. The predicted molar refractivity (Wildman–Crippen MR) is 57.9 cm³/mol. The van der Waals surface area contributed by atoms with E-state index in [0.29, 0.717) is 5.92 Å². The lowest BCUT2D eigenvalue weighted by Crippen LogP contribution is -2.42. The van der Waals surface area contributed by atoms with Gasteiger partial charge in [0.2, 0.25) is 5.91 Å². The molecule has 0 rings (SSSR count). The van der Waals surface area contributed by atoms with Gasteiger partial charge in [0.05, 0.1) is 0 Å². The topological polar surface area (TPSA) is 49.3 Å². The van der Waals surface area contributed by atoms with Crippen LogP contribution in [0.2, 0.25) is 0 Å². The summed E-state index contributed by atoms with van der Waals surface area (Å²) in [6.45, 7) is 9.94. The molecule has 0 saturated heterocycles. The maximum absolute atomic E-state index is 11.6. The van der Waals surface area contributed by atoms with Crippen molar-refractivity contribution >= 4 is 5.91 Å². The zero-order chi connectivity index (χ0) is 11.3. The van der Waals surface area contributed by atoms with E-state index >= 15 is 0 Å². The Morgan fingerprint density at radius 3 is 2.07 bits per heavy atom. The molecule has 3 unspecified atom stereocenters. The zero-order valence-corrected chi connectivity index (χ0v) is 9.87. The third-order valence-electron chi connectivity index (χ3n) is 2.93. The Morgan fingerprint density at radius 1 is 1.21 bits per heavy atom. The van der Waals surface area contributed by atoms with Gasteiger partial charge in [-0.25, -0.2) is 0 Å². The van der Waals surface area contributed by atoms with Crippen LogP contribution < -0.4 is 5.32 Å². The van der Waals surface area contributed by atoms with Gasteiger partial charge in [0.1, 0.15) is 0 Å². The molecule has 0 heterocycles. The number of nitrogens with one attached hydrogen (secondary N) is 1. The Labute approximate surface area is 86.9 Å². The molecule has 0 aliphatic heterocycles. The van der Waals surface area contributed by atoms with E-state index in [-0.39, 0.29) is 30.4 Å². The fourth-order valence-corrected chi connectivity index (χ4v) is 0.959. The average Bonchev–Trinajstić information content (AvgIpc) is 2.14. The molecule has 0 saturated carbocycles. The molecule has 3 heteroatoms. The van der Waals surface area contributed by atoms with Gasteiger partial charge in [0.25, 0.3) is 0 Å². The molecule has 0 fully saturated rings. The summed E-state index contributed by atoms with van der Waals surface area (Å²) < 4.78 is 0. The van der Waals surface area contributed by atoms with Crippen molar-refractivity contribution in [1.82, 2.24) is 5.32 Å². The largest absolute Gasteiger partial charge is 0.396 e. The molecule has 84 valence electrons. The lowest BCUT2D eigenvalue weighted by Gasteiger charge is -2.23. The summed E-state index contributed by atoms with van der Waals surface area (Å²) in [6, 6.07) is 0.0358. The number of hydrogen-bond donors (Lipinski definition) is 2. The highest BCUT2D eigenvalue weighted by atomic mass is 16.3. The van der Waals surface area contributed by atoms with Gasteiger partial charge in [-0.1, -0.05) is 27.7 Å². The van der Waals surface area contributed by atoms with Crippen molar-refractivity contribution < 1.29 is 9.90 Å². The molecule has 0 aliphatic rings. The Hall–Kier alpha value is -0.570. The number of carbonyl (C=O) groups excluding carboxylic acids is 1. The first-order valence-corrected chi connectivity index (χ1v) is 5.31. The smallest absolute Gasteiger partial charge is 0.223 e. The van der Waals surface area contributed by atoms with Crippen molar-refractivity contribution in [1.29, 1.82) is 0 Å². The number of rotatable bonds is 5. The number of aliphatic hydroxyl groups excluding tert-OH is 1. The molecule has 1 amide bonds. The molecule has 0 aromatic carbocycles. The minimum Gasteiger partial charge on any atom is -0.396 e. The standard InChI is InChI=1S/C11H23NO2/c1-7(2)9(4)11(14)12-10(5)8(3)6-13/h7-10,13H,6H2,1-5H3,(H,12,14). The van der Waals surface area contributed by atoms with E-state index in [1.54, 1.807) is 0 Å². The lowest BCUT2D eigenvalue weighted by atomic mass is 9.96. The molecule has 0 radical (unpaired) electrons. The predicted octanol–water partition coefficient (Wildman–Crippen LogP) is 1.41. The molecular weight excluding hydrogens is 178 g/mol. The molecule has 0 aromatic heterocycles. The van der Waals surface area contributed by atoms with Gasteiger partial charge >= 0.3 is 0 Å². The normalized spacial score (nSPS) is 17.6. The van der Waals surface area contributed by atoms with Crippen LogP contribution in [0.3, 0.4) is 0 Å². The lowest BCUT2D eigenvalue weighted by molar-refractivity contribution is -0.126. The van der Waals surface area contributed by atoms with Crippen molar-refractivity contribution in [2.45, 2.75) is 40.7 Å². The molecule has 14 heavy (non-hydrogen) atoms. The molecule has 0 spiro atoms. The van der Waals surface area contributed by atoms with Crippen LogP contribution in [0.25, 0.3) is 0 Å². The van der Waals surface area contributed by atoms with Gasteiger partial charge < -0.3 is 10.4 Å². The number of amides is 1.